The summed E-state index contributed by atoms with van der Waals surface area (Å²) in [5, 5.41) is 10.1. The zero-order chi connectivity index (χ0) is 12.1. The van der Waals surface area contributed by atoms with Crippen molar-refractivity contribution in [2.45, 2.75) is 84.0 Å². The van der Waals surface area contributed by atoms with Gasteiger partial charge in [-0.2, -0.15) is 0 Å². The molecular formula is C14H29HgO2. The van der Waals surface area contributed by atoms with E-state index in [1.165, 1.54) is 57.8 Å². The van der Waals surface area contributed by atoms with Crippen molar-refractivity contribution in [2.24, 2.45) is 0 Å². The molecule has 0 aromatic heterocycles. The number of rotatable bonds is 12. The maximum Gasteiger partial charge on any atom is 1.00 e. The van der Waals surface area contributed by atoms with Gasteiger partial charge in [0.15, 0.2) is 0 Å². The predicted octanol–water partition coefficient (Wildman–Crippen LogP) is 3.68. The molecule has 1 radical (unpaired) electrons. The van der Waals surface area contributed by atoms with Crippen LogP contribution >= 0.6 is 0 Å². The molecule has 0 N–H and O–H groups in total. The molecule has 2 nitrogen and oxygen atoms in total. The third kappa shape index (κ3) is 18.9. The summed E-state index contributed by atoms with van der Waals surface area (Å²) < 4.78 is 0. The Hall–Kier alpha value is 0.405. The van der Waals surface area contributed by atoms with Gasteiger partial charge in [-0.05, 0) is 12.8 Å². The molecule has 0 fully saturated rings. The van der Waals surface area contributed by atoms with Crippen LogP contribution < -0.4 is 5.11 Å². The van der Waals surface area contributed by atoms with Gasteiger partial charge in [0.25, 0.3) is 0 Å². The summed E-state index contributed by atoms with van der Waals surface area (Å²) in [7, 11) is 0. The summed E-state index contributed by atoms with van der Waals surface area (Å²) in [5.74, 6) is -0.907. The molecule has 0 aliphatic carbocycles. The monoisotopic (exact) mass is 431 g/mol. The molecule has 0 amide bonds. The number of aliphatic carboxylic acids is 1. The summed E-state index contributed by atoms with van der Waals surface area (Å²) in [6, 6.07) is 0. The van der Waals surface area contributed by atoms with E-state index in [0.717, 1.165) is 12.8 Å². The van der Waals surface area contributed by atoms with Gasteiger partial charge in [-0.25, -0.2) is 0 Å². The van der Waals surface area contributed by atoms with E-state index in [0.29, 0.717) is 0 Å². The molecule has 0 saturated carbocycles. The van der Waals surface area contributed by atoms with Crippen molar-refractivity contribution in [1.29, 1.82) is 0 Å². The van der Waals surface area contributed by atoms with Crippen LogP contribution in [0.2, 0.25) is 0 Å². The first kappa shape index (κ1) is 19.7. The normalized spacial score (nSPS) is 9.94. The Kier molecular flexibility index (Phi) is 19.0. The maximum absolute atomic E-state index is 10.1. The van der Waals surface area contributed by atoms with Crippen molar-refractivity contribution in [3.63, 3.8) is 0 Å². The maximum atomic E-state index is 10.1. The van der Waals surface area contributed by atoms with Crippen molar-refractivity contribution in [2.75, 3.05) is 0 Å². The smallest absolute Gasteiger partial charge is 0.550 e. The Bertz CT molecular complexity index is 166. The van der Waals surface area contributed by atoms with E-state index in [1.54, 1.807) is 0 Å². The molecule has 0 rings (SSSR count). The van der Waals surface area contributed by atoms with E-state index in [-0.39, 0.29) is 35.5 Å². The molecule has 0 heterocycles. The molecular weight excluding hydrogens is 401 g/mol. The van der Waals surface area contributed by atoms with Crippen LogP contribution in [0.15, 0.2) is 0 Å². The zero-order valence-electron chi connectivity index (χ0n) is 11.5. The first-order chi connectivity index (χ1) is 7.77. The first-order valence-corrected chi connectivity index (χ1v) is 6.97. The Balaban J connectivity index is -0.00000112. The summed E-state index contributed by atoms with van der Waals surface area (Å²) >= 11 is 0. The van der Waals surface area contributed by atoms with E-state index >= 15 is 0 Å². The number of carbonyl (C=O) groups is 1. The molecule has 0 spiro atoms. The average molecular weight is 430 g/mol. The topological polar surface area (TPSA) is 40.1 Å². The fourth-order valence-electron chi connectivity index (χ4n) is 1.93. The standard InChI is InChI=1S/C14H28O2.Hg.H2/c1-2-3-4-5-6-7-8-9-10-11-12-13-14(15)16;;/h2-13H2,1H3,(H,15,16);;1H/q;+1;/p-1. The van der Waals surface area contributed by atoms with Crippen molar-refractivity contribution >= 4 is 5.97 Å². The van der Waals surface area contributed by atoms with Crippen LogP contribution in [-0.4, -0.2) is 5.97 Å². The molecule has 0 saturated heterocycles. The number of hydrogen-bond acceptors (Lipinski definition) is 2. The van der Waals surface area contributed by atoms with Gasteiger partial charge in [0.1, 0.15) is 0 Å². The Morgan fingerprint density at radius 2 is 1.18 bits per heavy atom. The number of carboxylic acids is 1. The molecule has 0 aromatic carbocycles. The number of carbonyl (C=O) groups excluding carboxylic acids is 1. The molecule has 0 aromatic rings. The second-order valence-corrected chi connectivity index (χ2v) is 4.66. The number of carboxylic acid groups (broad SMARTS) is 1. The van der Waals surface area contributed by atoms with Gasteiger partial charge < -0.3 is 9.90 Å². The average Bonchev–Trinajstić information content (AvgIpc) is 2.25. The van der Waals surface area contributed by atoms with Crippen LogP contribution in [0.5, 0.6) is 0 Å². The van der Waals surface area contributed by atoms with Crippen LogP contribution in [0.25, 0.3) is 0 Å². The molecule has 17 heavy (non-hydrogen) atoms. The Labute approximate surface area is 129 Å². The van der Waals surface area contributed by atoms with Gasteiger partial charge in [0.2, 0.25) is 0 Å². The largest absolute Gasteiger partial charge is 1.00 e. The summed E-state index contributed by atoms with van der Waals surface area (Å²) in [6.07, 6.45) is 14.0. The molecule has 0 atom stereocenters. The SMILES string of the molecule is CCCCCCCCCCCCCC(=O)[O-].[HH].[Hg+]. The molecule has 0 aliphatic heterocycles. The van der Waals surface area contributed by atoms with E-state index in [9.17, 15) is 9.90 Å². The summed E-state index contributed by atoms with van der Waals surface area (Å²) in [6.45, 7) is 2.24. The van der Waals surface area contributed by atoms with Crippen molar-refractivity contribution in [3.8, 4) is 0 Å². The van der Waals surface area contributed by atoms with E-state index in [2.05, 4.69) is 6.92 Å². The van der Waals surface area contributed by atoms with Crippen LogP contribution in [0.4, 0.5) is 0 Å². The molecule has 0 unspecified atom stereocenters. The fourth-order valence-corrected chi connectivity index (χ4v) is 1.93. The zero-order valence-corrected chi connectivity index (χ0v) is 17.0. The first-order valence-electron chi connectivity index (χ1n) is 6.97. The minimum atomic E-state index is -0.907. The van der Waals surface area contributed by atoms with Gasteiger partial charge in [0, 0.05) is 7.40 Å². The predicted molar refractivity (Wildman–Crippen MR) is 68.2 cm³/mol. The van der Waals surface area contributed by atoms with E-state index in [4.69, 9.17) is 0 Å². The third-order valence-electron chi connectivity index (χ3n) is 2.98. The van der Waals surface area contributed by atoms with Crippen molar-refractivity contribution in [1.82, 2.24) is 0 Å². The van der Waals surface area contributed by atoms with Gasteiger partial charge in [-0.1, -0.05) is 71.1 Å². The van der Waals surface area contributed by atoms with E-state index < -0.39 is 5.97 Å². The van der Waals surface area contributed by atoms with Crippen LogP contribution in [0.1, 0.15) is 85.4 Å². The minimum absolute atomic E-state index is 0. The van der Waals surface area contributed by atoms with Crippen molar-refractivity contribution < 1.29 is 39.0 Å². The van der Waals surface area contributed by atoms with Gasteiger partial charge in [0.05, 0.1) is 0 Å². The van der Waals surface area contributed by atoms with Crippen LogP contribution in [0, 0.1) is 0 Å². The molecule has 0 aliphatic rings. The second kappa shape index (κ2) is 16.4. The second-order valence-electron chi connectivity index (χ2n) is 4.66. The Morgan fingerprint density at radius 3 is 1.53 bits per heavy atom. The Morgan fingerprint density at radius 1 is 0.824 bits per heavy atom. The van der Waals surface area contributed by atoms with Crippen LogP contribution in [-0.2, 0) is 32.5 Å². The van der Waals surface area contributed by atoms with E-state index in [1.807, 2.05) is 0 Å². The number of hydrogen-bond donors (Lipinski definition) is 0. The van der Waals surface area contributed by atoms with Gasteiger partial charge >= 0.3 is 27.7 Å². The molecule has 99 valence electrons. The van der Waals surface area contributed by atoms with Gasteiger partial charge in [-0.3, -0.25) is 0 Å². The fraction of sp³-hybridized carbons (Fsp3) is 0.929. The third-order valence-corrected chi connectivity index (χ3v) is 2.98. The van der Waals surface area contributed by atoms with Crippen LogP contribution in [0.3, 0.4) is 0 Å². The quantitative estimate of drug-likeness (QED) is 0.350. The van der Waals surface area contributed by atoms with Gasteiger partial charge in [-0.15, -0.1) is 0 Å². The summed E-state index contributed by atoms with van der Waals surface area (Å²) in [4.78, 5) is 10.1. The minimum Gasteiger partial charge on any atom is -0.550 e. The number of unbranched alkanes of at least 4 members (excludes halogenated alkanes) is 10. The molecule has 3 heteroatoms. The van der Waals surface area contributed by atoms with Crippen molar-refractivity contribution in [3.05, 3.63) is 0 Å². The summed E-state index contributed by atoms with van der Waals surface area (Å²) in [5.41, 5.74) is 0. The molecule has 0 bridgehead atoms.